The summed E-state index contributed by atoms with van der Waals surface area (Å²) in [5, 5.41) is 3.98. The van der Waals surface area contributed by atoms with Gasteiger partial charge in [-0.15, -0.1) is 0 Å². The van der Waals surface area contributed by atoms with E-state index in [0.717, 1.165) is 38.9 Å². The van der Waals surface area contributed by atoms with Gasteiger partial charge in [-0.3, -0.25) is 9.69 Å². The van der Waals surface area contributed by atoms with Crippen LogP contribution >= 0.6 is 0 Å². The Balaban J connectivity index is 1.57. The van der Waals surface area contributed by atoms with Gasteiger partial charge < -0.3 is 18.9 Å². The van der Waals surface area contributed by atoms with Crippen LogP contribution in [0.25, 0.3) is 0 Å². The van der Waals surface area contributed by atoms with E-state index in [9.17, 15) is 4.79 Å². The summed E-state index contributed by atoms with van der Waals surface area (Å²) in [6, 6.07) is 0. The average Bonchev–Trinajstić information content (AvgIpc) is 3.23. The predicted octanol–water partition coefficient (Wildman–Crippen LogP) is 0.719. The molecule has 1 aromatic heterocycles. The summed E-state index contributed by atoms with van der Waals surface area (Å²) >= 11 is 0. The van der Waals surface area contributed by atoms with Crippen molar-refractivity contribution in [2.75, 3.05) is 53.6 Å². The molecular weight excluding hydrogens is 324 g/mol. The van der Waals surface area contributed by atoms with Crippen molar-refractivity contribution in [3.05, 3.63) is 11.7 Å². The Bertz CT molecular complexity index is 579. The second-order valence-electron chi connectivity index (χ2n) is 6.98. The second kappa shape index (κ2) is 8.25. The molecule has 0 aromatic carbocycles. The Morgan fingerprint density at radius 1 is 1.20 bits per heavy atom. The van der Waals surface area contributed by atoms with E-state index in [2.05, 4.69) is 15.0 Å². The molecule has 8 heteroatoms. The molecule has 1 spiro atoms. The van der Waals surface area contributed by atoms with Crippen LogP contribution in [-0.4, -0.2) is 79.5 Å². The highest BCUT2D eigenvalue weighted by molar-refractivity contribution is 5.84. The molecule has 0 N–H and O–H groups in total. The van der Waals surface area contributed by atoms with Crippen LogP contribution in [0.15, 0.2) is 4.52 Å². The van der Waals surface area contributed by atoms with E-state index in [4.69, 9.17) is 14.0 Å². The van der Waals surface area contributed by atoms with Gasteiger partial charge in [-0.1, -0.05) is 5.16 Å². The molecule has 0 saturated carbocycles. The van der Waals surface area contributed by atoms with Gasteiger partial charge in [0.15, 0.2) is 5.82 Å². The van der Waals surface area contributed by atoms with Gasteiger partial charge in [0.1, 0.15) is 0 Å². The lowest BCUT2D eigenvalue weighted by molar-refractivity contribution is -0.146. The molecular formula is C17H28N4O4. The van der Waals surface area contributed by atoms with Gasteiger partial charge in [-0.2, -0.15) is 4.98 Å². The van der Waals surface area contributed by atoms with E-state index >= 15 is 0 Å². The maximum atomic E-state index is 13.0. The smallest absolute Gasteiger partial charge is 0.240 e. The number of carbonyl (C=O) groups is 1. The molecule has 1 aromatic rings. The number of likely N-dealkylation sites (tertiary alicyclic amines) is 2. The summed E-state index contributed by atoms with van der Waals surface area (Å²) in [7, 11) is 3.33. The second-order valence-corrected chi connectivity index (χ2v) is 6.98. The molecule has 1 atom stereocenters. The van der Waals surface area contributed by atoms with E-state index in [1.807, 2.05) is 4.90 Å². The molecule has 2 fully saturated rings. The van der Waals surface area contributed by atoms with Crippen LogP contribution in [0.1, 0.15) is 31.0 Å². The normalized spacial score (nSPS) is 24.6. The Labute approximate surface area is 148 Å². The SMILES string of the molecule is COCCc1noc(CN2CC[C@]3(CCCN(CCOC)C3=O)C2)n1. The maximum absolute atomic E-state index is 13.0. The van der Waals surface area contributed by atoms with Gasteiger partial charge in [-0.25, -0.2) is 0 Å². The molecule has 2 aliphatic heterocycles. The van der Waals surface area contributed by atoms with Gasteiger partial charge in [-0.05, 0) is 25.8 Å². The van der Waals surface area contributed by atoms with E-state index in [1.165, 1.54) is 0 Å². The van der Waals surface area contributed by atoms with Crippen LogP contribution in [0.4, 0.5) is 0 Å². The summed E-state index contributed by atoms with van der Waals surface area (Å²) in [6.45, 7) is 4.97. The van der Waals surface area contributed by atoms with Crippen molar-refractivity contribution in [2.24, 2.45) is 5.41 Å². The van der Waals surface area contributed by atoms with Gasteiger partial charge in [0.05, 0.1) is 25.2 Å². The molecule has 8 nitrogen and oxygen atoms in total. The molecule has 140 valence electrons. The number of hydrogen-bond acceptors (Lipinski definition) is 7. The Morgan fingerprint density at radius 3 is 2.84 bits per heavy atom. The number of piperidine rings is 1. The van der Waals surface area contributed by atoms with Crippen LogP contribution in [0.2, 0.25) is 0 Å². The van der Waals surface area contributed by atoms with Crippen LogP contribution < -0.4 is 0 Å². The molecule has 0 bridgehead atoms. The third-order valence-corrected chi connectivity index (χ3v) is 5.22. The van der Waals surface area contributed by atoms with Crippen molar-refractivity contribution in [1.29, 1.82) is 0 Å². The third-order valence-electron chi connectivity index (χ3n) is 5.22. The lowest BCUT2D eigenvalue weighted by Crippen LogP contribution is -2.50. The standard InChI is InChI=1S/C17H28N4O4/c1-23-10-4-14-18-15(25-19-14)12-20-8-6-17(13-20)5-3-7-21(16(17)22)9-11-24-2/h3-13H2,1-2H3/t17-/m1/s1. The van der Waals surface area contributed by atoms with Crippen molar-refractivity contribution in [1.82, 2.24) is 19.9 Å². The molecule has 0 unspecified atom stereocenters. The minimum Gasteiger partial charge on any atom is -0.384 e. The fourth-order valence-electron chi connectivity index (χ4n) is 3.88. The first kappa shape index (κ1) is 18.3. The van der Waals surface area contributed by atoms with Crippen molar-refractivity contribution in [3.8, 4) is 0 Å². The van der Waals surface area contributed by atoms with Crippen molar-refractivity contribution >= 4 is 5.91 Å². The fourth-order valence-corrected chi connectivity index (χ4v) is 3.88. The van der Waals surface area contributed by atoms with Gasteiger partial charge in [0.2, 0.25) is 11.8 Å². The molecule has 0 radical (unpaired) electrons. The zero-order valence-electron chi connectivity index (χ0n) is 15.2. The van der Waals surface area contributed by atoms with Crippen LogP contribution in [0.5, 0.6) is 0 Å². The number of methoxy groups -OCH3 is 2. The number of hydrogen-bond donors (Lipinski definition) is 0. The largest absolute Gasteiger partial charge is 0.384 e. The van der Waals surface area contributed by atoms with Gasteiger partial charge in [0, 0.05) is 40.3 Å². The summed E-state index contributed by atoms with van der Waals surface area (Å²) in [6.07, 6.45) is 3.58. The van der Waals surface area contributed by atoms with E-state index in [1.54, 1.807) is 14.2 Å². The molecule has 3 heterocycles. The third kappa shape index (κ3) is 4.19. The van der Waals surface area contributed by atoms with Crippen LogP contribution in [0.3, 0.4) is 0 Å². The number of amides is 1. The van der Waals surface area contributed by atoms with Gasteiger partial charge in [0.25, 0.3) is 0 Å². The highest BCUT2D eigenvalue weighted by Gasteiger charge is 2.48. The molecule has 0 aliphatic carbocycles. The minimum absolute atomic E-state index is 0.245. The van der Waals surface area contributed by atoms with Gasteiger partial charge >= 0.3 is 0 Å². The van der Waals surface area contributed by atoms with E-state index in [-0.39, 0.29) is 11.3 Å². The zero-order chi connectivity index (χ0) is 17.7. The highest BCUT2D eigenvalue weighted by atomic mass is 16.5. The Morgan fingerprint density at radius 2 is 2.04 bits per heavy atom. The van der Waals surface area contributed by atoms with E-state index in [0.29, 0.717) is 44.4 Å². The first-order valence-electron chi connectivity index (χ1n) is 8.98. The van der Waals surface area contributed by atoms with Crippen molar-refractivity contribution in [3.63, 3.8) is 0 Å². The lowest BCUT2D eigenvalue weighted by Gasteiger charge is -2.39. The first-order valence-corrected chi connectivity index (χ1v) is 8.98. The molecule has 2 saturated heterocycles. The average molecular weight is 352 g/mol. The quantitative estimate of drug-likeness (QED) is 0.682. The molecule has 3 rings (SSSR count). The first-order chi connectivity index (χ1) is 12.2. The Hall–Kier alpha value is -1.51. The fraction of sp³-hybridized carbons (Fsp3) is 0.824. The summed E-state index contributed by atoms with van der Waals surface area (Å²) in [5.74, 6) is 1.57. The number of rotatable bonds is 8. The topological polar surface area (TPSA) is 80.9 Å². The lowest BCUT2D eigenvalue weighted by atomic mass is 9.78. The van der Waals surface area contributed by atoms with Crippen molar-refractivity contribution in [2.45, 2.75) is 32.2 Å². The summed E-state index contributed by atoms with van der Waals surface area (Å²) in [5.41, 5.74) is -0.245. The van der Waals surface area contributed by atoms with E-state index < -0.39 is 0 Å². The monoisotopic (exact) mass is 352 g/mol. The number of aromatic nitrogens is 2. The summed E-state index contributed by atoms with van der Waals surface area (Å²) < 4.78 is 15.5. The van der Waals surface area contributed by atoms with Crippen molar-refractivity contribution < 1.29 is 18.8 Å². The predicted molar refractivity (Wildman–Crippen MR) is 89.9 cm³/mol. The maximum Gasteiger partial charge on any atom is 0.240 e. The number of nitrogens with zero attached hydrogens (tertiary/aromatic N) is 4. The van der Waals surface area contributed by atoms with Crippen LogP contribution in [-0.2, 0) is 27.2 Å². The van der Waals surface area contributed by atoms with Crippen LogP contribution in [0, 0.1) is 5.41 Å². The minimum atomic E-state index is -0.245. The molecule has 1 amide bonds. The summed E-state index contributed by atoms with van der Waals surface area (Å²) in [4.78, 5) is 21.6. The molecule has 2 aliphatic rings. The molecule has 25 heavy (non-hydrogen) atoms. The highest BCUT2D eigenvalue weighted by Crippen LogP contribution is 2.40. The number of ether oxygens (including phenoxy) is 2. The zero-order valence-corrected chi connectivity index (χ0v) is 15.2. The number of carbonyl (C=O) groups excluding carboxylic acids is 1. The Kier molecular flexibility index (Phi) is 6.03.